The molecule has 2 aromatic heterocycles. The van der Waals surface area contributed by atoms with Crippen LogP contribution in [-0.2, 0) is 57.4 Å². The number of aromatic amines is 1. The lowest BCUT2D eigenvalue weighted by atomic mass is 9.77. The number of carbonyl (C=O) groups excluding carboxylic acids is 2. The van der Waals surface area contributed by atoms with Crippen LogP contribution in [0.5, 0.6) is 0 Å². The van der Waals surface area contributed by atoms with Crippen molar-refractivity contribution in [3.63, 3.8) is 0 Å². The molecule has 2 saturated carbocycles. The van der Waals surface area contributed by atoms with E-state index in [2.05, 4.69) is 20.6 Å². The summed E-state index contributed by atoms with van der Waals surface area (Å²) in [4.78, 5) is 54.9. The third-order valence-corrected chi connectivity index (χ3v) is 15.1. The van der Waals surface area contributed by atoms with E-state index in [1.807, 2.05) is 12.4 Å². The predicted octanol–water partition coefficient (Wildman–Crippen LogP) is 3.11. The van der Waals surface area contributed by atoms with Crippen LogP contribution in [0.25, 0.3) is 10.9 Å². The molecule has 2 aliphatic carbocycles. The standard InChI is InChI=1S/C52H70N6O17/c1-28-21-33(48(64)53-19-9-16-34-26-57(56-55-34)20-10-15-32-25-54-37-18-17-35(58(68)69)24-36(32)37)23-38(45(28)75-51-44(63)43(62)41(60)29(2)70-51)72-52-47(74-50(67)31-13-7-4-8-14-31)46(42(61)40(27-59)73-52)71-39(49(65)66)22-30-11-5-3-6-12-30/h4,7-8,13-14,17-18,24-26,28-30,33,38-47,51-52,54,59-63H,3,5-6,9-12,15-16,19-23,27H2,1-2H3,(H,53,64)(H,65,66)/t28-,29-,33+,38+,39-,40+,41+,42-,43+,44-,45+,46-,47+,51-,52+/m0/s1. The number of esters is 1. The van der Waals surface area contributed by atoms with E-state index in [0.29, 0.717) is 32.2 Å². The number of carboxylic acids is 1. The smallest absolute Gasteiger partial charge is 0.338 e. The van der Waals surface area contributed by atoms with Gasteiger partial charge in [-0.1, -0.05) is 62.4 Å². The van der Waals surface area contributed by atoms with E-state index in [-0.39, 0.29) is 48.9 Å². The molecule has 2 aliphatic heterocycles. The molecule has 23 nitrogen and oxygen atoms in total. The SMILES string of the molecule is C[C@@H]1O[C@@H](O[C@@H]2[C@@H](C)C[C@@H](C(=O)NCCCc3cn(CCCc4c[nH]c5ccc([N+](=O)[O-])cc45)nn3)C[C@H]2O[C@@H]2O[C@H](CO)[C@H](O)[C@H](O[C@@H](CC3CCCCC3)C(=O)O)[C@H]2OC(=O)c2ccccc2)[C@@H](O)[C@H](O)[C@@H]1O. The molecule has 15 atom stereocenters. The van der Waals surface area contributed by atoms with Crippen LogP contribution in [0.2, 0.25) is 0 Å². The number of carboxylic acid groups (broad SMARTS) is 1. The summed E-state index contributed by atoms with van der Waals surface area (Å²) in [6.45, 7) is 3.37. The van der Waals surface area contributed by atoms with Gasteiger partial charge < -0.3 is 69.4 Å². The van der Waals surface area contributed by atoms with Crippen LogP contribution < -0.4 is 5.32 Å². The zero-order valence-corrected chi connectivity index (χ0v) is 42.1. The number of nitrogens with zero attached hydrogens (tertiary/aromatic N) is 4. The molecule has 8 rings (SSSR count). The summed E-state index contributed by atoms with van der Waals surface area (Å²) in [5.74, 6) is -3.67. The van der Waals surface area contributed by atoms with Gasteiger partial charge in [-0.2, -0.15) is 0 Å². The summed E-state index contributed by atoms with van der Waals surface area (Å²) in [7, 11) is 0. The first-order valence-electron chi connectivity index (χ1n) is 26.1. The van der Waals surface area contributed by atoms with Crippen molar-refractivity contribution in [3.05, 3.63) is 87.9 Å². The van der Waals surface area contributed by atoms with Crippen molar-refractivity contribution in [3.8, 4) is 0 Å². The molecule has 4 fully saturated rings. The number of ether oxygens (including phenoxy) is 6. The number of hydrogen-bond donors (Lipinski definition) is 8. The highest BCUT2D eigenvalue weighted by molar-refractivity contribution is 5.89. The number of aliphatic carboxylic acids is 1. The van der Waals surface area contributed by atoms with Crippen molar-refractivity contribution < 1.29 is 78.4 Å². The van der Waals surface area contributed by atoms with Gasteiger partial charge in [0.1, 0.15) is 36.6 Å². The summed E-state index contributed by atoms with van der Waals surface area (Å²) in [6.07, 6.45) is -7.88. The Kier molecular flexibility index (Phi) is 19.0. The van der Waals surface area contributed by atoms with Crippen molar-refractivity contribution in [2.75, 3.05) is 13.2 Å². The first-order valence-corrected chi connectivity index (χ1v) is 26.1. The van der Waals surface area contributed by atoms with Crippen molar-refractivity contribution in [1.82, 2.24) is 25.3 Å². The molecule has 0 unspecified atom stereocenters. The van der Waals surface area contributed by atoms with Crippen molar-refractivity contribution in [2.24, 2.45) is 17.8 Å². The van der Waals surface area contributed by atoms with Crippen molar-refractivity contribution >= 4 is 34.4 Å². The number of aliphatic hydroxyl groups is 5. The zero-order chi connectivity index (χ0) is 53.3. The Morgan fingerprint density at radius 2 is 1.68 bits per heavy atom. The Balaban J connectivity index is 0.962. The molecular weight excluding hydrogens is 981 g/mol. The lowest BCUT2D eigenvalue weighted by Gasteiger charge is -2.48. The van der Waals surface area contributed by atoms with E-state index >= 15 is 0 Å². The van der Waals surface area contributed by atoms with E-state index in [1.165, 1.54) is 25.1 Å². The van der Waals surface area contributed by atoms with E-state index < -0.39 is 115 Å². The maximum absolute atomic E-state index is 14.1. The van der Waals surface area contributed by atoms with Gasteiger partial charge >= 0.3 is 11.9 Å². The Morgan fingerprint density at radius 3 is 2.41 bits per heavy atom. The largest absolute Gasteiger partial charge is 0.479 e. The Morgan fingerprint density at radius 1 is 0.907 bits per heavy atom. The molecule has 0 radical (unpaired) electrons. The third kappa shape index (κ3) is 13.7. The number of fused-ring (bicyclic) bond motifs is 1. The molecule has 8 N–H and O–H groups in total. The number of nitro groups is 1. The molecule has 0 bridgehead atoms. The molecule has 2 aromatic carbocycles. The van der Waals surface area contributed by atoms with Crippen LogP contribution in [0, 0.1) is 27.9 Å². The molecule has 410 valence electrons. The molecule has 4 aliphatic rings. The fourth-order valence-corrected chi connectivity index (χ4v) is 10.9. The van der Waals surface area contributed by atoms with Gasteiger partial charge in [-0.25, -0.2) is 9.59 Å². The van der Waals surface area contributed by atoms with Gasteiger partial charge in [0.25, 0.3) is 5.69 Å². The maximum atomic E-state index is 14.1. The predicted molar refractivity (Wildman–Crippen MR) is 264 cm³/mol. The van der Waals surface area contributed by atoms with E-state index in [1.54, 1.807) is 41.9 Å². The number of H-pyrrole nitrogens is 1. The minimum absolute atomic E-state index is 0.0267. The molecule has 1 amide bonds. The number of non-ortho nitro benzene ring substituents is 1. The number of aryl methyl sites for hydroxylation is 3. The van der Waals surface area contributed by atoms with Crippen LogP contribution in [0.15, 0.2) is 60.9 Å². The summed E-state index contributed by atoms with van der Waals surface area (Å²) in [5, 5.41) is 88.7. The van der Waals surface area contributed by atoms with E-state index in [4.69, 9.17) is 28.4 Å². The molecule has 2 saturated heterocycles. The fourth-order valence-electron chi connectivity index (χ4n) is 10.9. The van der Waals surface area contributed by atoms with E-state index in [9.17, 15) is 55.1 Å². The maximum Gasteiger partial charge on any atom is 0.338 e. The minimum atomic E-state index is -1.71. The summed E-state index contributed by atoms with van der Waals surface area (Å²) in [6, 6.07) is 12.7. The van der Waals surface area contributed by atoms with Gasteiger partial charge in [-0.3, -0.25) is 19.6 Å². The molecular formula is C52H70N6O17. The second kappa shape index (κ2) is 25.6. The fraction of sp³-hybridized carbons (Fsp3) is 0.635. The summed E-state index contributed by atoms with van der Waals surface area (Å²) < 4.78 is 39.2. The second-order valence-corrected chi connectivity index (χ2v) is 20.5. The van der Waals surface area contributed by atoms with Gasteiger partial charge in [-0.15, -0.1) is 5.10 Å². The molecule has 0 spiro atoms. The highest BCUT2D eigenvalue weighted by Gasteiger charge is 2.54. The number of aliphatic hydroxyl groups excluding tert-OH is 5. The van der Waals surface area contributed by atoms with Gasteiger partial charge in [0.05, 0.1) is 41.1 Å². The number of amides is 1. The van der Waals surface area contributed by atoms with Gasteiger partial charge in [0.2, 0.25) is 5.91 Å². The van der Waals surface area contributed by atoms with E-state index in [0.717, 1.165) is 54.3 Å². The number of hydrogen-bond acceptors (Lipinski definition) is 18. The number of benzene rings is 2. The number of nitro benzene ring substituents is 1. The van der Waals surface area contributed by atoms with Crippen LogP contribution in [0.4, 0.5) is 5.69 Å². The zero-order valence-electron chi connectivity index (χ0n) is 42.1. The first-order chi connectivity index (χ1) is 36.1. The lowest BCUT2D eigenvalue weighted by Crippen LogP contribution is -2.64. The Labute approximate surface area is 432 Å². The minimum Gasteiger partial charge on any atom is -0.479 e. The van der Waals surface area contributed by atoms with Crippen LogP contribution >= 0.6 is 0 Å². The summed E-state index contributed by atoms with van der Waals surface area (Å²) >= 11 is 0. The van der Waals surface area contributed by atoms with Gasteiger partial charge in [0, 0.05) is 54.4 Å². The average Bonchev–Trinajstić information content (AvgIpc) is 4.04. The third-order valence-electron chi connectivity index (χ3n) is 15.1. The molecule has 23 heteroatoms. The second-order valence-electron chi connectivity index (χ2n) is 20.5. The van der Waals surface area contributed by atoms with Crippen molar-refractivity contribution in [2.45, 2.75) is 177 Å². The topological polar surface area (TPSA) is 330 Å². The highest BCUT2D eigenvalue weighted by atomic mass is 16.7. The number of nitrogens with one attached hydrogen (secondary N) is 2. The van der Waals surface area contributed by atoms with Crippen LogP contribution in [0.1, 0.15) is 99.7 Å². The monoisotopic (exact) mass is 1050 g/mol. The van der Waals surface area contributed by atoms with Crippen LogP contribution in [-0.4, -0.2) is 166 Å². The van der Waals surface area contributed by atoms with Gasteiger partial charge in [0.15, 0.2) is 24.8 Å². The number of aromatic nitrogens is 4. The Hall–Kier alpha value is -5.47. The molecule has 4 aromatic rings. The number of carbonyl (C=O) groups is 3. The highest BCUT2D eigenvalue weighted by Crippen LogP contribution is 2.39. The van der Waals surface area contributed by atoms with Crippen LogP contribution in [0.3, 0.4) is 0 Å². The molecule has 4 heterocycles. The lowest BCUT2D eigenvalue weighted by molar-refractivity contribution is -0.384. The quantitative estimate of drug-likeness (QED) is 0.0243. The van der Waals surface area contributed by atoms with Gasteiger partial charge in [-0.05, 0) is 87.5 Å². The first kappa shape index (κ1) is 55.8. The normalized spacial score (nSPS) is 30.9. The number of rotatable bonds is 22. The Bertz CT molecular complexity index is 2520. The molecule has 75 heavy (non-hydrogen) atoms. The van der Waals surface area contributed by atoms with Crippen molar-refractivity contribution in [1.29, 1.82) is 0 Å². The average molecular weight is 1050 g/mol. The summed E-state index contributed by atoms with van der Waals surface area (Å²) in [5.41, 5.74) is 2.65.